The lowest BCUT2D eigenvalue weighted by molar-refractivity contribution is 0.0785. The van der Waals surface area contributed by atoms with Gasteiger partial charge in [0.05, 0.1) is 24.3 Å². The minimum atomic E-state index is -0.140. The summed E-state index contributed by atoms with van der Waals surface area (Å²) in [6.07, 6.45) is 0. The van der Waals surface area contributed by atoms with E-state index in [1.165, 1.54) is 0 Å². The highest BCUT2D eigenvalue weighted by Crippen LogP contribution is 2.28. The molecule has 0 unspecified atom stereocenters. The van der Waals surface area contributed by atoms with Crippen molar-refractivity contribution in [2.75, 3.05) is 21.3 Å². The Morgan fingerprint density at radius 1 is 1.00 bits per heavy atom. The smallest absolute Gasteiger partial charge is 0.253 e. The van der Waals surface area contributed by atoms with Crippen LogP contribution in [0.5, 0.6) is 11.5 Å². The van der Waals surface area contributed by atoms with Crippen molar-refractivity contribution in [3.63, 3.8) is 0 Å². The number of nitrogens with zero attached hydrogens (tertiary/aromatic N) is 1. The molecule has 0 aliphatic carbocycles. The fourth-order valence-corrected chi connectivity index (χ4v) is 2.47. The van der Waals surface area contributed by atoms with Gasteiger partial charge < -0.3 is 14.4 Å². The molecule has 0 heterocycles. The van der Waals surface area contributed by atoms with Crippen LogP contribution in [0, 0.1) is 0 Å². The van der Waals surface area contributed by atoms with Gasteiger partial charge in [-0.1, -0.05) is 29.3 Å². The topological polar surface area (TPSA) is 38.8 Å². The summed E-state index contributed by atoms with van der Waals surface area (Å²) >= 11 is 11.8. The van der Waals surface area contributed by atoms with Crippen molar-refractivity contribution in [2.24, 2.45) is 0 Å². The van der Waals surface area contributed by atoms with Crippen molar-refractivity contribution in [3.05, 3.63) is 57.6 Å². The van der Waals surface area contributed by atoms with Gasteiger partial charge in [-0.15, -0.1) is 0 Å². The molecule has 4 nitrogen and oxygen atoms in total. The van der Waals surface area contributed by atoms with Gasteiger partial charge in [0.25, 0.3) is 5.91 Å². The van der Waals surface area contributed by atoms with E-state index in [1.54, 1.807) is 44.4 Å². The Morgan fingerprint density at radius 2 is 1.70 bits per heavy atom. The molecule has 1 amide bonds. The Bertz CT molecular complexity index is 719. The van der Waals surface area contributed by atoms with Crippen molar-refractivity contribution >= 4 is 29.1 Å². The van der Waals surface area contributed by atoms with Gasteiger partial charge >= 0.3 is 0 Å². The molecule has 0 N–H and O–H groups in total. The average molecular weight is 354 g/mol. The molecule has 0 saturated heterocycles. The van der Waals surface area contributed by atoms with Crippen LogP contribution in [0.1, 0.15) is 15.9 Å². The summed E-state index contributed by atoms with van der Waals surface area (Å²) in [4.78, 5) is 14.1. The number of methoxy groups -OCH3 is 2. The van der Waals surface area contributed by atoms with Crippen LogP contribution in [0.25, 0.3) is 0 Å². The minimum absolute atomic E-state index is 0.140. The lowest BCUT2D eigenvalue weighted by Crippen LogP contribution is -2.26. The zero-order valence-corrected chi connectivity index (χ0v) is 14.6. The number of benzene rings is 2. The van der Waals surface area contributed by atoms with Crippen LogP contribution in [0.3, 0.4) is 0 Å². The van der Waals surface area contributed by atoms with E-state index in [2.05, 4.69) is 0 Å². The van der Waals surface area contributed by atoms with Gasteiger partial charge in [-0.05, 0) is 35.9 Å². The zero-order valence-electron chi connectivity index (χ0n) is 13.1. The summed E-state index contributed by atoms with van der Waals surface area (Å²) in [6, 6.07) is 10.4. The molecule has 0 atom stereocenters. The monoisotopic (exact) mass is 353 g/mol. The van der Waals surface area contributed by atoms with Crippen molar-refractivity contribution in [3.8, 4) is 11.5 Å². The molecule has 2 rings (SSSR count). The Balaban J connectivity index is 2.16. The number of carbonyl (C=O) groups excluding carboxylic acids is 1. The van der Waals surface area contributed by atoms with Crippen molar-refractivity contribution in [1.29, 1.82) is 0 Å². The van der Waals surface area contributed by atoms with Crippen LogP contribution in [-0.4, -0.2) is 32.1 Å². The normalized spacial score (nSPS) is 10.3. The van der Waals surface area contributed by atoms with Crippen LogP contribution < -0.4 is 9.47 Å². The van der Waals surface area contributed by atoms with Crippen molar-refractivity contribution in [2.45, 2.75) is 6.54 Å². The van der Waals surface area contributed by atoms with Crippen molar-refractivity contribution < 1.29 is 14.3 Å². The van der Waals surface area contributed by atoms with Gasteiger partial charge in [-0.2, -0.15) is 0 Å². The second kappa shape index (κ2) is 7.57. The molecule has 0 spiro atoms. The summed E-state index contributed by atoms with van der Waals surface area (Å²) < 4.78 is 10.5. The molecule has 2 aromatic carbocycles. The highest BCUT2D eigenvalue weighted by atomic mass is 35.5. The summed E-state index contributed by atoms with van der Waals surface area (Å²) in [5.41, 5.74) is 1.42. The van der Waals surface area contributed by atoms with E-state index in [4.69, 9.17) is 32.7 Å². The number of halogens is 2. The predicted octanol–water partition coefficient (Wildman–Crippen LogP) is 4.28. The van der Waals surface area contributed by atoms with Crippen LogP contribution >= 0.6 is 23.2 Å². The largest absolute Gasteiger partial charge is 0.493 e. The van der Waals surface area contributed by atoms with E-state index in [0.717, 1.165) is 5.56 Å². The molecule has 0 bridgehead atoms. The third-order valence-electron chi connectivity index (χ3n) is 3.38. The quantitative estimate of drug-likeness (QED) is 0.804. The van der Waals surface area contributed by atoms with Gasteiger partial charge in [0, 0.05) is 19.2 Å². The second-order valence-corrected chi connectivity index (χ2v) is 5.79. The molecule has 23 heavy (non-hydrogen) atoms. The Kier molecular flexibility index (Phi) is 5.74. The molecular weight excluding hydrogens is 337 g/mol. The third-order valence-corrected chi connectivity index (χ3v) is 4.12. The first-order chi connectivity index (χ1) is 11.0. The van der Waals surface area contributed by atoms with Crippen LogP contribution in [-0.2, 0) is 6.54 Å². The SMILES string of the molecule is COc1ccc(CN(C)C(=O)c2ccc(Cl)c(Cl)c2)cc1OC. The van der Waals surface area contributed by atoms with Gasteiger partial charge in [-0.25, -0.2) is 0 Å². The lowest BCUT2D eigenvalue weighted by atomic mass is 10.1. The maximum absolute atomic E-state index is 12.5. The third kappa shape index (κ3) is 4.09. The number of hydrogen-bond acceptors (Lipinski definition) is 3. The van der Waals surface area contributed by atoms with E-state index >= 15 is 0 Å². The van der Waals surface area contributed by atoms with Gasteiger partial charge in [0.1, 0.15) is 0 Å². The molecule has 0 saturated carbocycles. The standard InChI is InChI=1S/C17H17Cl2NO3/c1-20(17(21)12-5-6-13(18)14(19)9-12)10-11-4-7-15(22-2)16(8-11)23-3/h4-9H,10H2,1-3H3. The molecule has 0 aliphatic rings. The molecule has 0 aromatic heterocycles. The number of ether oxygens (including phenoxy) is 2. The van der Waals surface area contributed by atoms with Crippen LogP contribution in [0.2, 0.25) is 10.0 Å². The molecule has 0 aliphatic heterocycles. The summed E-state index contributed by atoms with van der Waals surface area (Å²) in [5, 5.41) is 0.780. The van der Waals surface area contributed by atoms with Gasteiger partial charge in [0.2, 0.25) is 0 Å². The zero-order chi connectivity index (χ0) is 17.0. The first-order valence-electron chi connectivity index (χ1n) is 6.87. The number of rotatable bonds is 5. The highest BCUT2D eigenvalue weighted by molar-refractivity contribution is 6.42. The van der Waals surface area contributed by atoms with Crippen LogP contribution in [0.15, 0.2) is 36.4 Å². The summed E-state index contributed by atoms with van der Waals surface area (Å²) in [5.74, 6) is 1.13. The van der Waals surface area contributed by atoms with Crippen LogP contribution in [0.4, 0.5) is 0 Å². The van der Waals surface area contributed by atoms with E-state index in [9.17, 15) is 4.79 Å². The second-order valence-electron chi connectivity index (χ2n) is 4.98. The highest BCUT2D eigenvalue weighted by Gasteiger charge is 2.14. The molecule has 6 heteroatoms. The Labute approximate surface area is 145 Å². The van der Waals surface area contributed by atoms with E-state index < -0.39 is 0 Å². The average Bonchev–Trinajstić information content (AvgIpc) is 2.56. The van der Waals surface area contributed by atoms with E-state index in [0.29, 0.717) is 33.7 Å². The maximum Gasteiger partial charge on any atom is 0.253 e. The molecule has 2 aromatic rings. The molecular formula is C17H17Cl2NO3. The van der Waals surface area contributed by atoms with E-state index in [1.807, 2.05) is 18.2 Å². The fourth-order valence-electron chi connectivity index (χ4n) is 2.17. The fraction of sp³-hybridized carbons (Fsp3) is 0.235. The van der Waals surface area contributed by atoms with Crippen molar-refractivity contribution in [1.82, 2.24) is 4.90 Å². The first kappa shape index (κ1) is 17.4. The van der Waals surface area contributed by atoms with Gasteiger partial charge in [-0.3, -0.25) is 4.79 Å². The number of hydrogen-bond donors (Lipinski definition) is 0. The summed E-state index contributed by atoms with van der Waals surface area (Å²) in [6.45, 7) is 0.430. The molecule has 0 fully saturated rings. The van der Waals surface area contributed by atoms with Gasteiger partial charge in [0.15, 0.2) is 11.5 Å². The lowest BCUT2D eigenvalue weighted by Gasteiger charge is -2.18. The van der Waals surface area contributed by atoms with E-state index in [-0.39, 0.29) is 5.91 Å². The number of carbonyl (C=O) groups is 1. The maximum atomic E-state index is 12.5. The number of amides is 1. The minimum Gasteiger partial charge on any atom is -0.493 e. The Morgan fingerprint density at radius 3 is 2.30 bits per heavy atom. The first-order valence-corrected chi connectivity index (χ1v) is 7.63. The molecule has 122 valence electrons. The molecule has 0 radical (unpaired) electrons. The summed E-state index contributed by atoms with van der Waals surface area (Å²) in [7, 11) is 4.88. The predicted molar refractivity (Wildman–Crippen MR) is 91.8 cm³/mol. The Hall–Kier alpha value is -1.91.